The molecule has 1 aromatic rings. The molecule has 0 amide bonds. The van der Waals surface area contributed by atoms with E-state index < -0.39 is 22.1 Å². The van der Waals surface area contributed by atoms with Gasteiger partial charge < -0.3 is 10.2 Å². The lowest BCUT2D eigenvalue weighted by Gasteiger charge is -1.95. The minimum Gasteiger partial charge on any atom is -0.473 e. The molecule has 0 atom stereocenters. The lowest BCUT2D eigenvalue weighted by molar-refractivity contribution is -0.159. The molecule has 0 spiro atoms. The van der Waals surface area contributed by atoms with Gasteiger partial charge in [-0.25, -0.2) is 9.59 Å². The second-order valence-corrected chi connectivity index (χ2v) is 4.32. The van der Waals surface area contributed by atoms with Crippen LogP contribution in [0.15, 0.2) is 29.2 Å². The molecular weight excluding hydrogens is 252 g/mol. The van der Waals surface area contributed by atoms with Gasteiger partial charge in [0.25, 0.3) is 10.1 Å². The molecule has 0 aliphatic heterocycles. The van der Waals surface area contributed by atoms with Gasteiger partial charge in [0, 0.05) is 0 Å². The quantitative estimate of drug-likeness (QED) is 0.493. The van der Waals surface area contributed by atoms with Crippen LogP contribution in [0.25, 0.3) is 0 Å². The standard InChI is InChI=1S/C7H8O3S.C2H2O4/c1-6-2-4-7(5-3-6)11(8,9)10;3-1(4)2(5)6/h2-5H,1H3,(H,8,9,10);(H,3,4)(H,5,6). The van der Waals surface area contributed by atoms with Crippen molar-refractivity contribution < 1.29 is 32.8 Å². The van der Waals surface area contributed by atoms with Crippen LogP contribution in [0.1, 0.15) is 5.56 Å². The fourth-order valence-corrected chi connectivity index (χ4v) is 1.19. The van der Waals surface area contributed by atoms with Gasteiger partial charge >= 0.3 is 11.9 Å². The number of aryl methyl sites for hydroxylation is 1. The summed E-state index contributed by atoms with van der Waals surface area (Å²) in [6.45, 7) is 1.84. The summed E-state index contributed by atoms with van der Waals surface area (Å²) in [5.41, 5.74) is 0.956. The molecule has 0 bridgehead atoms. The topological polar surface area (TPSA) is 129 Å². The van der Waals surface area contributed by atoms with Crippen LogP contribution in [-0.2, 0) is 19.7 Å². The summed E-state index contributed by atoms with van der Waals surface area (Å²) in [6.07, 6.45) is 0. The Bertz CT molecular complexity index is 489. The first-order chi connectivity index (χ1) is 7.64. The number of carboxylic acids is 2. The molecule has 0 aromatic heterocycles. The molecule has 94 valence electrons. The van der Waals surface area contributed by atoms with Crippen LogP contribution in [0.3, 0.4) is 0 Å². The molecule has 0 fully saturated rings. The average Bonchev–Trinajstić information content (AvgIpc) is 2.17. The molecule has 1 aromatic carbocycles. The molecule has 0 unspecified atom stereocenters. The van der Waals surface area contributed by atoms with E-state index in [1.165, 1.54) is 12.1 Å². The number of hydrogen-bond acceptors (Lipinski definition) is 4. The fraction of sp³-hybridized carbons (Fsp3) is 0.111. The first kappa shape index (κ1) is 15.1. The Morgan fingerprint density at radius 2 is 1.35 bits per heavy atom. The third-order valence-corrected chi connectivity index (χ3v) is 2.37. The zero-order chi connectivity index (χ0) is 13.6. The molecule has 0 aliphatic rings. The highest BCUT2D eigenvalue weighted by Gasteiger charge is 2.06. The van der Waals surface area contributed by atoms with Gasteiger partial charge in [0.1, 0.15) is 0 Å². The average molecular weight is 262 g/mol. The van der Waals surface area contributed by atoms with Gasteiger partial charge in [-0.15, -0.1) is 0 Å². The summed E-state index contributed by atoms with van der Waals surface area (Å²) in [7, 11) is -4.02. The lowest BCUT2D eigenvalue weighted by atomic mass is 10.2. The first-order valence-corrected chi connectivity index (χ1v) is 5.59. The molecule has 0 heterocycles. The van der Waals surface area contributed by atoms with Crippen molar-refractivity contribution in [3.63, 3.8) is 0 Å². The molecule has 0 radical (unpaired) electrons. The molecule has 0 aliphatic carbocycles. The van der Waals surface area contributed by atoms with Crippen molar-refractivity contribution >= 4 is 22.1 Å². The van der Waals surface area contributed by atoms with Crippen LogP contribution in [-0.4, -0.2) is 35.1 Å². The van der Waals surface area contributed by atoms with Crippen molar-refractivity contribution in [1.82, 2.24) is 0 Å². The van der Waals surface area contributed by atoms with Crippen LogP contribution in [0.2, 0.25) is 0 Å². The number of carboxylic acid groups (broad SMARTS) is 2. The first-order valence-electron chi connectivity index (χ1n) is 4.15. The number of aliphatic carboxylic acids is 2. The van der Waals surface area contributed by atoms with Crippen LogP contribution >= 0.6 is 0 Å². The van der Waals surface area contributed by atoms with Crippen LogP contribution < -0.4 is 0 Å². The van der Waals surface area contributed by atoms with Gasteiger partial charge in [-0.3, -0.25) is 4.55 Å². The van der Waals surface area contributed by atoms with Crippen molar-refractivity contribution in [3.05, 3.63) is 29.8 Å². The van der Waals surface area contributed by atoms with E-state index in [9.17, 15) is 8.42 Å². The Hall–Kier alpha value is -1.93. The fourth-order valence-electron chi connectivity index (χ4n) is 0.710. The maximum atomic E-state index is 10.5. The predicted molar refractivity (Wildman–Crippen MR) is 56.3 cm³/mol. The van der Waals surface area contributed by atoms with E-state index in [4.69, 9.17) is 24.4 Å². The summed E-state index contributed by atoms with van der Waals surface area (Å²) in [6, 6.07) is 5.99. The lowest BCUT2D eigenvalue weighted by Crippen LogP contribution is -2.09. The third-order valence-electron chi connectivity index (χ3n) is 1.50. The molecule has 1 rings (SSSR count). The van der Waals surface area contributed by atoms with Gasteiger partial charge in [0.05, 0.1) is 4.90 Å². The van der Waals surface area contributed by atoms with E-state index >= 15 is 0 Å². The van der Waals surface area contributed by atoms with E-state index in [2.05, 4.69) is 0 Å². The normalized spacial score (nSPS) is 10.0. The predicted octanol–water partition coefficient (Wildman–Crippen LogP) is 0.397. The minimum atomic E-state index is -4.02. The smallest absolute Gasteiger partial charge is 0.414 e. The number of hydrogen-bond donors (Lipinski definition) is 3. The van der Waals surface area contributed by atoms with Gasteiger partial charge in [0.2, 0.25) is 0 Å². The summed E-state index contributed by atoms with van der Waals surface area (Å²) in [5, 5.41) is 14.8. The van der Waals surface area contributed by atoms with Crippen molar-refractivity contribution in [1.29, 1.82) is 0 Å². The highest BCUT2D eigenvalue weighted by molar-refractivity contribution is 7.85. The van der Waals surface area contributed by atoms with Crippen LogP contribution in [0.5, 0.6) is 0 Å². The number of benzene rings is 1. The van der Waals surface area contributed by atoms with E-state index in [0.717, 1.165) is 5.56 Å². The molecule has 0 saturated carbocycles. The SMILES string of the molecule is Cc1ccc(S(=O)(=O)O)cc1.O=C(O)C(=O)O. The Kier molecular flexibility index (Phi) is 5.29. The highest BCUT2D eigenvalue weighted by Crippen LogP contribution is 2.08. The van der Waals surface area contributed by atoms with Gasteiger partial charge in [0.15, 0.2) is 0 Å². The van der Waals surface area contributed by atoms with E-state index in [1.807, 2.05) is 6.92 Å². The van der Waals surface area contributed by atoms with Crippen molar-refractivity contribution in [2.75, 3.05) is 0 Å². The Morgan fingerprint density at radius 3 is 1.59 bits per heavy atom. The Labute approximate surface area is 97.1 Å². The number of carbonyl (C=O) groups is 2. The minimum absolute atomic E-state index is 0.0666. The molecule has 17 heavy (non-hydrogen) atoms. The second-order valence-electron chi connectivity index (χ2n) is 2.90. The third kappa shape index (κ3) is 6.28. The molecule has 8 heteroatoms. The largest absolute Gasteiger partial charge is 0.473 e. The summed E-state index contributed by atoms with van der Waals surface area (Å²) in [4.78, 5) is 18.1. The van der Waals surface area contributed by atoms with E-state index in [-0.39, 0.29) is 4.90 Å². The summed E-state index contributed by atoms with van der Waals surface area (Å²) in [5.74, 6) is -3.65. The van der Waals surface area contributed by atoms with E-state index in [1.54, 1.807) is 12.1 Å². The molecule has 7 nitrogen and oxygen atoms in total. The molecular formula is C9H10O7S. The van der Waals surface area contributed by atoms with Gasteiger partial charge in [-0.2, -0.15) is 8.42 Å². The Morgan fingerprint density at radius 1 is 1.00 bits per heavy atom. The summed E-state index contributed by atoms with van der Waals surface area (Å²) < 4.78 is 29.6. The molecule has 0 saturated heterocycles. The van der Waals surface area contributed by atoms with E-state index in [0.29, 0.717) is 0 Å². The molecule has 3 N–H and O–H groups in total. The zero-order valence-electron chi connectivity index (χ0n) is 8.69. The van der Waals surface area contributed by atoms with Crippen LogP contribution in [0.4, 0.5) is 0 Å². The number of rotatable bonds is 1. The maximum absolute atomic E-state index is 10.5. The highest BCUT2D eigenvalue weighted by atomic mass is 32.2. The van der Waals surface area contributed by atoms with Gasteiger partial charge in [-0.05, 0) is 19.1 Å². The van der Waals surface area contributed by atoms with Gasteiger partial charge in [-0.1, -0.05) is 17.7 Å². The Balaban J connectivity index is 0.000000366. The summed E-state index contributed by atoms with van der Waals surface area (Å²) >= 11 is 0. The monoisotopic (exact) mass is 262 g/mol. The van der Waals surface area contributed by atoms with Crippen molar-refractivity contribution in [3.8, 4) is 0 Å². The van der Waals surface area contributed by atoms with Crippen molar-refractivity contribution in [2.24, 2.45) is 0 Å². The second kappa shape index (κ2) is 5.97. The van der Waals surface area contributed by atoms with Crippen LogP contribution in [0, 0.1) is 6.92 Å². The van der Waals surface area contributed by atoms with Crippen molar-refractivity contribution in [2.45, 2.75) is 11.8 Å². The maximum Gasteiger partial charge on any atom is 0.414 e. The zero-order valence-corrected chi connectivity index (χ0v) is 9.51.